The van der Waals surface area contributed by atoms with E-state index in [1.807, 2.05) is 25.1 Å². The molecule has 0 spiro atoms. The molecule has 3 aliphatic carbocycles. The van der Waals surface area contributed by atoms with Crippen molar-refractivity contribution in [1.29, 1.82) is 0 Å². The maximum Gasteiger partial charge on any atom is 0.335 e. The summed E-state index contributed by atoms with van der Waals surface area (Å²) in [4.78, 5) is 15.7. The molecule has 7 nitrogen and oxygen atoms in total. The van der Waals surface area contributed by atoms with E-state index < -0.39 is 17.4 Å². The number of halogens is 2. The smallest absolute Gasteiger partial charge is 0.335 e. The van der Waals surface area contributed by atoms with E-state index in [1.54, 1.807) is 0 Å². The molecule has 0 saturated heterocycles. The third-order valence-electron chi connectivity index (χ3n) is 8.78. The van der Waals surface area contributed by atoms with Crippen LogP contribution in [0.1, 0.15) is 76.7 Å². The second kappa shape index (κ2) is 9.62. The van der Waals surface area contributed by atoms with E-state index >= 15 is 0 Å². The maximum atomic E-state index is 14.5. The van der Waals surface area contributed by atoms with E-state index in [4.69, 9.17) is 20.9 Å². The Labute approximate surface area is 238 Å². The van der Waals surface area contributed by atoms with Crippen LogP contribution < -0.4 is 0 Å². The van der Waals surface area contributed by atoms with E-state index in [2.05, 4.69) is 10.1 Å². The van der Waals surface area contributed by atoms with Crippen LogP contribution in [0.4, 0.5) is 4.39 Å². The highest BCUT2D eigenvalue weighted by molar-refractivity contribution is 7.18. The molecule has 2 aromatic carbocycles. The average molecular weight is 583 g/mol. The second-order valence-electron chi connectivity index (χ2n) is 11.6. The first-order chi connectivity index (χ1) is 19.2. The minimum atomic E-state index is -1.19. The lowest BCUT2D eigenvalue weighted by molar-refractivity contribution is 0.00957. The van der Waals surface area contributed by atoms with E-state index in [1.165, 1.54) is 17.4 Å². The quantitative estimate of drug-likeness (QED) is 0.237. The monoisotopic (exact) mass is 582 g/mol. The molecule has 3 fully saturated rings. The Morgan fingerprint density at radius 3 is 2.67 bits per heavy atom. The maximum absolute atomic E-state index is 14.5. The van der Waals surface area contributed by atoms with Crippen LogP contribution >= 0.6 is 22.9 Å². The molecule has 0 bridgehead atoms. The molecule has 0 aliphatic heterocycles. The highest BCUT2D eigenvalue weighted by atomic mass is 35.5. The number of aromatic nitrogens is 2. The SMILES string of the molecule is Cc1cccc(Cl)c1-c1noc(C2CC2)c1COC1C[C@@H]2CC(O)(c3nc4c(F)cc(C(=O)O)cc4s3)C[C@@H]2C1. The van der Waals surface area contributed by atoms with Crippen molar-refractivity contribution < 1.29 is 28.7 Å². The molecule has 4 aromatic rings. The summed E-state index contributed by atoms with van der Waals surface area (Å²) >= 11 is 7.74. The van der Waals surface area contributed by atoms with Gasteiger partial charge in [0.05, 0.1) is 28.0 Å². The molecular formula is C30H28ClFN2O5S. The molecule has 3 saturated carbocycles. The number of aryl methyl sites for hydroxylation is 1. The lowest BCUT2D eigenvalue weighted by atomic mass is 9.98. The summed E-state index contributed by atoms with van der Waals surface area (Å²) in [6, 6.07) is 8.21. The first kappa shape index (κ1) is 26.1. The Hall–Kier alpha value is -2.85. The predicted octanol–water partition coefficient (Wildman–Crippen LogP) is 7.22. The van der Waals surface area contributed by atoms with Gasteiger partial charge in [0.2, 0.25) is 0 Å². The minimum absolute atomic E-state index is 0.0487. The second-order valence-corrected chi connectivity index (χ2v) is 13.0. The van der Waals surface area contributed by atoms with Gasteiger partial charge in [-0.05, 0) is 81.0 Å². The normalized spacial score (nSPS) is 26.1. The summed E-state index contributed by atoms with van der Waals surface area (Å²) in [7, 11) is 0. The van der Waals surface area contributed by atoms with Crippen LogP contribution in [0.5, 0.6) is 0 Å². The Kier molecular flexibility index (Phi) is 6.27. The van der Waals surface area contributed by atoms with Crippen LogP contribution in [0.2, 0.25) is 5.02 Å². The van der Waals surface area contributed by atoms with Crippen molar-refractivity contribution in [2.45, 2.75) is 69.7 Å². The fraction of sp³-hybridized carbons (Fsp3) is 0.433. The van der Waals surface area contributed by atoms with Gasteiger partial charge < -0.3 is 19.5 Å². The van der Waals surface area contributed by atoms with Crippen molar-refractivity contribution in [2.24, 2.45) is 11.8 Å². The first-order valence-corrected chi connectivity index (χ1v) is 14.8. The Bertz CT molecular complexity index is 1610. The Morgan fingerprint density at radius 1 is 1.25 bits per heavy atom. The summed E-state index contributed by atoms with van der Waals surface area (Å²) in [5, 5.41) is 26.3. The number of aliphatic hydroxyl groups is 1. The topological polar surface area (TPSA) is 106 Å². The average Bonchev–Trinajstić information content (AvgIpc) is 3.20. The lowest BCUT2D eigenvalue weighted by Crippen LogP contribution is -2.23. The number of aromatic carboxylic acids is 1. The van der Waals surface area contributed by atoms with Gasteiger partial charge in [-0.1, -0.05) is 28.9 Å². The largest absolute Gasteiger partial charge is 0.478 e. The minimum Gasteiger partial charge on any atom is -0.478 e. The van der Waals surface area contributed by atoms with Gasteiger partial charge in [0.1, 0.15) is 27.6 Å². The highest BCUT2D eigenvalue weighted by Crippen LogP contribution is 2.55. The molecule has 2 unspecified atom stereocenters. The van der Waals surface area contributed by atoms with Gasteiger partial charge >= 0.3 is 5.97 Å². The lowest BCUT2D eigenvalue weighted by Gasteiger charge is -2.22. The fourth-order valence-corrected chi connectivity index (χ4v) is 8.13. The third kappa shape index (κ3) is 4.43. The Balaban J connectivity index is 1.06. The molecule has 7 rings (SSSR count). The van der Waals surface area contributed by atoms with E-state index in [0.29, 0.717) is 40.1 Å². The molecular weight excluding hydrogens is 555 g/mol. The van der Waals surface area contributed by atoms with E-state index in [0.717, 1.165) is 59.9 Å². The van der Waals surface area contributed by atoms with Crippen molar-refractivity contribution in [3.8, 4) is 11.3 Å². The van der Waals surface area contributed by atoms with E-state index in [9.17, 15) is 19.4 Å². The van der Waals surface area contributed by atoms with Crippen molar-refractivity contribution in [2.75, 3.05) is 0 Å². The summed E-state index contributed by atoms with van der Waals surface area (Å²) in [6.07, 6.45) is 4.91. The molecule has 4 atom stereocenters. The van der Waals surface area contributed by atoms with Crippen molar-refractivity contribution in [3.05, 3.63) is 68.6 Å². The number of carboxylic acid groups (broad SMARTS) is 1. The van der Waals surface area contributed by atoms with Crippen LogP contribution in [-0.4, -0.2) is 32.4 Å². The van der Waals surface area contributed by atoms with Crippen molar-refractivity contribution >= 4 is 39.1 Å². The number of carboxylic acids is 1. The predicted molar refractivity (Wildman–Crippen MR) is 148 cm³/mol. The fourth-order valence-electron chi connectivity index (χ4n) is 6.69. The van der Waals surface area contributed by atoms with Crippen LogP contribution in [-0.2, 0) is 16.9 Å². The number of benzene rings is 2. The van der Waals surface area contributed by atoms with Gasteiger partial charge in [-0.2, -0.15) is 0 Å². The zero-order valence-corrected chi connectivity index (χ0v) is 23.4. The van der Waals surface area contributed by atoms with Crippen LogP contribution in [0.25, 0.3) is 21.5 Å². The number of hydrogen-bond donors (Lipinski definition) is 2. The standard InChI is InChI=1S/C30H28ClFN2O5S/c1-14-3-2-4-21(31)24(14)25-20(27(39-34-25)15-5-6-15)13-38-19-7-17-11-30(37,12-18(17)8-19)29-33-26-22(32)9-16(28(35)36)10-23(26)40-29/h2-4,9-10,15,17-19,37H,5-8,11-13H2,1H3,(H,35,36)/t17-,18+,19?,30?. The van der Waals surface area contributed by atoms with Crippen LogP contribution in [0.3, 0.4) is 0 Å². The number of rotatable bonds is 7. The molecule has 2 N–H and O–H groups in total. The Morgan fingerprint density at radius 2 is 2.00 bits per heavy atom. The summed E-state index contributed by atoms with van der Waals surface area (Å²) in [5.41, 5.74) is 2.49. The summed E-state index contributed by atoms with van der Waals surface area (Å²) in [5.74, 6) is -0.0742. The zero-order chi connectivity index (χ0) is 27.8. The van der Waals surface area contributed by atoms with E-state index in [-0.39, 0.29) is 29.0 Å². The molecule has 0 radical (unpaired) electrons. The molecule has 3 aliphatic rings. The number of fused-ring (bicyclic) bond motifs is 2. The number of carbonyl (C=O) groups is 1. The molecule has 208 valence electrons. The van der Waals surface area contributed by atoms with Crippen molar-refractivity contribution in [1.82, 2.24) is 10.1 Å². The molecule has 2 aromatic heterocycles. The summed E-state index contributed by atoms with van der Waals surface area (Å²) in [6.45, 7) is 2.41. The van der Waals surface area contributed by atoms with Gasteiger partial charge in [0.25, 0.3) is 0 Å². The zero-order valence-electron chi connectivity index (χ0n) is 21.8. The van der Waals surface area contributed by atoms with Crippen molar-refractivity contribution in [3.63, 3.8) is 0 Å². The van der Waals surface area contributed by atoms with Gasteiger partial charge in [-0.15, -0.1) is 11.3 Å². The van der Waals surface area contributed by atoms with Gasteiger partial charge in [0.15, 0.2) is 5.82 Å². The molecule has 2 heterocycles. The van der Waals surface area contributed by atoms with Crippen LogP contribution in [0.15, 0.2) is 34.9 Å². The molecule has 40 heavy (non-hydrogen) atoms. The first-order valence-electron chi connectivity index (χ1n) is 13.6. The third-order valence-corrected chi connectivity index (χ3v) is 10.3. The number of hydrogen-bond acceptors (Lipinski definition) is 7. The number of nitrogens with zero attached hydrogens (tertiary/aromatic N) is 2. The van der Waals surface area contributed by atoms with Crippen LogP contribution in [0, 0.1) is 24.6 Å². The molecule has 0 amide bonds. The summed E-state index contributed by atoms with van der Waals surface area (Å²) < 4.78 is 27.3. The van der Waals surface area contributed by atoms with Gasteiger partial charge in [-0.3, -0.25) is 0 Å². The highest BCUT2D eigenvalue weighted by Gasteiger charge is 2.51. The van der Waals surface area contributed by atoms with Gasteiger partial charge in [-0.25, -0.2) is 14.2 Å². The number of ether oxygens (including phenoxy) is 1. The molecule has 10 heteroatoms. The van der Waals surface area contributed by atoms with Gasteiger partial charge in [0, 0.05) is 17.0 Å². The number of thiazole rings is 1.